The molecule has 1 aliphatic heterocycles. The van der Waals surface area contributed by atoms with Gasteiger partial charge in [0.05, 0.1) is 6.61 Å². The van der Waals surface area contributed by atoms with E-state index in [0.29, 0.717) is 6.61 Å². The van der Waals surface area contributed by atoms with Gasteiger partial charge in [-0.2, -0.15) is 0 Å². The highest BCUT2D eigenvalue weighted by atomic mass is 16.5. The zero-order chi connectivity index (χ0) is 14.0. The van der Waals surface area contributed by atoms with Crippen molar-refractivity contribution >= 4 is 0 Å². The molecule has 1 saturated heterocycles. The Morgan fingerprint density at radius 2 is 1.89 bits per heavy atom. The molecule has 3 heteroatoms. The molecule has 2 unspecified atom stereocenters. The summed E-state index contributed by atoms with van der Waals surface area (Å²) in [6, 6.07) is 8.24. The van der Waals surface area contributed by atoms with Crippen LogP contribution in [0.25, 0.3) is 0 Å². The molecule has 0 aromatic heterocycles. The molecule has 0 bridgehead atoms. The van der Waals surface area contributed by atoms with Crippen LogP contribution in [0.15, 0.2) is 24.3 Å². The van der Waals surface area contributed by atoms with Crippen LogP contribution >= 0.6 is 0 Å². The van der Waals surface area contributed by atoms with Gasteiger partial charge in [-0.25, -0.2) is 0 Å². The fourth-order valence-electron chi connectivity index (χ4n) is 2.40. The number of hydrogen-bond acceptors (Lipinski definition) is 3. The third kappa shape index (κ3) is 3.56. The lowest BCUT2D eigenvalue weighted by Gasteiger charge is -2.33. The summed E-state index contributed by atoms with van der Waals surface area (Å²) in [6.07, 6.45) is -0.670. The number of likely N-dealkylation sites (N-methyl/N-ethyl adjacent to an activating group) is 1. The normalized spacial score (nSPS) is 23.3. The zero-order valence-corrected chi connectivity index (χ0v) is 12.4. The molecule has 1 N–H and O–H groups in total. The first-order valence-corrected chi connectivity index (χ1v) is 6.96. The van der Waals surface area contributed by atoms with Crippen LogP contribution in [0.1, 0.15) is 38.0 Å². The molecule has 0 aliphatic carbocycles. The van der Waals surface area contributed by atoms with Crippen LogP contribution in [0.2, 0.25) is 0 Å². The van der Waals surface area contributed by atoms with Crippen molar-refractivity contribution < 1.29 is 9.84 Å². The molecule has 1 aromatic rings. The Morgan fingerprint density at radius 3 is 2.42 bits per heavy atom. The lowest BCUT2D eigenvalue weighted by atomic mass is 9.86. The molecule has 0 radical (unpaired) electrons. The summed E-state index contributed by atoms with van der Waals surface area (Å²) in [5.74, 6) is 0. The van der Waals surface area contributed by atoms with Crippen molar-refractivity contribution in [1.82, 2.24) is 4.90 Å². The number of morpholine rings is 1. The summed E-state index contributed by atoms with van der Waals surface area (Å²) in [4.78, 5) is 2.20. The number of nitrogens with zero attached hydrogens (tertiary/aromatic N) is 1. The maximum Gasteiger partial charge on any atom is 0.106 e. The molecule has 3 nitrogen and oxygen atoms in total. The molecule has 1 aromatic carbocycles. The molecular weight excluding hydrogens is 238 g/mol. The summed E-state index contributed by atoms with van der Waals surface area (Å²) in [5, 5.41) is 10.4. The SMILES string of the molecule is CN1CCOC(C(O)c2ccc(C(C)(C)C)cc2)C1. The summed E-state index contributed by atoms with van der Waals surface area (Å²) >= 11 is 0. The topological polar surface area (TPSA) is 32.7 Å². The molecule has 0 saturated carbocycles. The summed E-state index contributed by atoms with van der Waals surface area (Å²) in [7, 11) is 2.06. The number of benzene rings is 1. The molecule has 0 amide bonds. The van der Waals surface area contributed by atoms with Gasteiger partial charge >= 0.3 is 0 Å². The smallest absolute Gasteiger partial charge is 0.106 e. The fraction of sp³-hybridized carbons (Fsp3) is 0.625. The highest BCUT2D eigenvalue weighted by Gasteiger charge is 2.26. The van der Waals surface area contributed by atoms with Crippen LogP contribution in [-0.2, 0) is 10.2 Å². The van der Waals surface area contributed by atoms with Gasteiger partial charge in [-0.05, 0) is 23.6 Å². The lowest BCUT2D eigenvalue weighted by Crippen LogP contribution is -2.42. The van der Waals surface area contributed by atoms with Gasteiger partial charge < -0.3 is 14.7 Å². The van der Waals surface area contributed by atoms with Crippen molar-refractivity contribution in [3.05, 3.63) is 35.4 Å². The van der Waals surface area contributed by atoms with Gasteiger partial charge in [0.15, 0.2) is 0 Å². The molecular formula is C16H25NO2. The first-order valence-electron chi connectivity index (χ1n) is 6.96. The molecule has 1 fully saturated rings. The van der Waals surface area contributed by atoms with E-state index < -0.39 is 6.10 Å². The summed E-state index contributed by atoms with van der Waals surface area (Å²) < 4.78 is 5.67. The average Bonchev–Trinajstić information content (AvgIpc) is 2.37. The Hall–Kier alpha value is -0.900. The van der Waals surface area contributed by atoms with Gasteiger partial charge in [0.1, 0.15) is 12.2 Å². The van der Waals surface area contributed by atoms with Gasteiger partial charge in [-0.15, -0.1) is 0 Å². The van der Waals surface area contributed by atoms with Crippen LogP contribution in [0.3, 0.4) is 0 Å². The van der Waals surface area contributed by atoms with Crippen molar-refractivity contribution in [3.63, 3.8) is 0 Å². The number of hydrogen-bond donors (Lipinski definition) is 1. The minimum atomic E-state index is -0.545. The van der Waals surface area contributed by atoms with Gasteiger partial charge in [0, 0.05) is 13.1 Å². The Kier molecular flexibility index (Phi) is 4.29. The van der Waals surface area contributed by atoms with Crippen LogP contribution in [0.4, 0.5) is 0 Å². The predicted molar refractivity (Wildman–Crippen MR) is 77.3 cm³/mol. The predicted octanol–water partition coefficient (Wildman–Crippen LogP) is 2.35. The zero-order valence-electron chi connectivity index (χ0n) is 12.4. The van der Waals surface area contributed by atoms with E-state index in [0.717, 1.165) is 18.7 Å². The molecule has 2 atom stereocenters. The van der Waals surface area contributed by atoms with Gasteiger partial charge in [-0.3, -0.25) is 0 Å². The van der Waals surface area contributed by atoms with E-state index in [-0.39, 0.29) is 11.5 Å². The second-order valence-electron chi connectivity index (χ2n) is 6.49. The van der Waals surface area contributed by atoms with Crippen LogP contribution in [-0.4, -0.2) is 42.9 Å². The van der Waals surface area contributed by atoms with Crippen molar-refractivity contribution in [2.75, 3.05) is 26.7 Å². The average molecular weight is 263 g/mol. The minimum Gasteiger partial charge on any atom is -0.386 e. The van der Waals surface area contributed by atoms with E-state index in [9.17, 15) is 5.11 Å². The number of rotatable bonds is 2. The minimum absolute atomic E-state index is 0.126. The van der Waals surface area contributed by atoms with Crippen molar-refractivity contribution in [2.45, 2.75) is 38.4 Å². The van der Waals surface area contributed by atoms with Crippen molar-refractivity contribution in [1.29, 1.82) is 0 Å². The van der Waals surface area contributed by atoms with E-state index in [1.54, 1.807) is 0 Å². The van der Waals surface area contributed by atoms with E-state index in [2.05, 4.69) is 44.9 Å². The second kappa shape index (κ2) is 5.61. The highest BCUT2D eigenvalue weighted by molar-refractivity contribution is 5.29. The first-order chi connectivity index (χ1) is 8.88. The third-order valence-electron chi connectivity index (χ3n) is 3.77. The van der Waals surface area contributed by atoms with Gasteiger partial charge in [0.2, 0.25) is 0 Å². The Labute approximate surface area is 116 Å². The number of aliphatic hydroxyl groups excluding tert-OH is 1. The first kappa shape index (κ1) is 14.5. The van der Waals surface area contributed by atoms with Gasteiger partial charge in [-0.1, -0.05) is 45.0 Å². The van der Waals surface area contributed by atoms with Crippen LogP contribution in [0.5, 0.6) is 0 Å². The Bertz CT molecular complexity index is 408. The third-order valence-corrected chi connectivity index (χ3v) is 3.77. The van der Waals surface area contributed by atoms with Crippen LogP contribution < -0.4 is 0 Å². The van der Waals surface area contributed by atoms with Crippen molar-refractivity contribution in [3.8, 4) is 0 Å². The maximum atomic E-state index is 10.4. The fourth-order valence-corrected chi connectivity index (χ4v) is 2.40. The Balaban J connectivity index is 2.09. The molecule has 106 valence electrons. The summed E-state index contributed by atoms with van der Waals surface area (Å²) in [5.41, 5.74) is 2.36. The highest BCUT2D eigenvalue weighted by Crippen LogP contribution is 2.26. The standard InChI is InChI=1S/C16H25NO2/c1-16(2,3)13-7-5-12(6-8-13)15(18)14-11-17(4)9-10-19-14/h5-8,14-15,18H,9-11H2,1-4H3. The number of ether oxygens (including phenoxy) is 1. The maximum absolute atomic E-state index is 10.4. The number of aliphatic hydroxyl groups is 1. The monoisotopic (exact) mass is 263 g/mol. The molecule has 19 heavy (non-hydrogen) atoms. The largest absolute Gasteiger partial charge is 0.386 e. The van der Waals surface area contributed by atoms with Crippen molar-refractivity contribution in [2.24, 2.45) is 0 Å². The second-order valence-corrected chi connectivity index (χ2v) is 6.49. The summed E-state index contributed by atoms with van der Waals surface area (Å²) in [6.45, 7) is 8.99. The Morgan fingerprint density at radius 1 is 1.26 bits per heavy atom. The lowest BCUT2D eigenvalue weighted by molar-refractivity contribution is -0.0844. The molecule has 2 rings (SSSR count). The van der Waals surface area contributed by atoms with Gasteiger partial charge in [0.25, 0.3) is 0 Å². The van der Waals surface area contributed by atoms with Crippen LogP contribution in [0, 0.1) is 0 Å². The molecule has 0 spiro atoms. The molecule has 1 heterocycles. The molecule has 1 aliphatic rings. The quantitative estimate of drug-likeness (QED) is 0.889. The van der Waals surface area contributed by atoms with E-state index in [1.165, 1.54) is 5.56 Å². The van der Waals surface area contributed by atoms with E-state index >= 15 is 0 Å². The van der Waals surface area contributed by atoms with E-state index in [1.807, 2.05) is 12.1 Å². The van der Waals surface area contributed by atoms with E-state index in [4.69, 9.17) is 4.74 Å².